The summed E-state index contributed by atoms with van der Waals surface area (Å²) < 4.78 is 8.88. The van der Waals surface area contributed by atoms with Crippen LogP contribution in [0.3, 0.4) is 0 Å². The first kappa shape index (κ1) is 24.6. The third kappa shape index (κ3) is 4.47. The van der Waals surface area contributed by atoms with Crippen LogP contribution in [0.1, 0.15) is 40.4 Å². The molecule has 1 aliphatic heterocycles. The molecule has 0 amide bonds. The van der Waals surface area contributed by atoms with Gasteiger partial charge in [-0.25, -0.2) is 9.78 Å². The fourth-order valence-corrected chi connectivity index (χ4v) is 5.50. The molecule has 3 heterocycles. The van der Waals surface area contributed by atoms with Gasteiger partial charge in [0, 0.05) is 35.2 Å². The molecule has 1 N–H and O–H groups in total. The van der Waals surface area contributed by atoms with Crippen molar-refractivity contribution in [2.24, 2.45) is 0 Å². The Morgan fingerprint density at radius 3 is 2.59 bits per heavy atom. The Morgan fingerprint density at radius 2 is 1.85 bits per heavy atom. The second-order valence-corrected chi connectivity index (χ2v) is 9.81. The predicted octanol–water partition coefficient (Wildman–Crippen LogP) is 4.65. The van der Waals surface area contributed by atoms with Gasteiger partial charge in [-0.05, 0) is 67.9 Å². The molecule has 2 aromatic heterocycles. The summed E-state index contributed by atoms with van der Waals surface area (Å²) in [5.41, 5.74) is 5.33. The van der Waals surface area contributed by atoms with E-state index < -0.39 is 5.97 Å². The molecule has 0 bridgehead atoms. The number of benzene rings is 3. The minimum atomic E-state index is -0.448. The van der Waals surface area contributed by atoms with Crippen molar-refractivity contribution in [1.82, 2.24) is 19.4 Å². The van der Waals surface area contributed by atoms with Gasteiger partial charge in [0.1, 0.15) is 5.69 Å². The van der Waals surface area contributed by atoms with Crippen LogP contribution in [0.4, 0.5) is 0 Å². The van der Waals surface area contributed by atoms with E-state index in [0.29, 0.717) is 34.4 Å². The number of methoxy groups -OCH3 is 1. The molecule has 3 aromatic carbocycles. The molecule has 0 saturated carbocycles. The van der Waals surface area contributed by atoms with Crippen LogP contribution < -0.4 is 10.9 Å². The maximum absolute atomic E-state index is 14.2. The van der Waals surface area contributed by atoms with E-state index in [-0.39, 0.29) is 11.6 Å². The first-order valence-corrected chi connectivity index (χ1v) is 13.0. The van der Waals surface area contributed by atoms with Crippen LogP contribution in [-0.2, 0) is 11.3 Å². The molecule has 1 fully saturated rings. The molecule has 6 rings (SSSR count). The Bertz CT molecular complexity index is 1810. The zero-order valence-electron chi connectivity index (χ0n) is 21.6. The number of nitrogens with zero attached hydrogens (tertiary/aromatic N) is 4. The Morgan fingerprint density at radius 1 is 1.08 bits per heavy atom. The molecule has 8 nitrogen and oxygen atoms in total. The lowest BCUT2D eigenvalue weighted by molar-refractivity contribution is 0.0601. The van der Waals surface area contributed by atoms with Crippen molar-refractivity contribution in [1.29, 1.82) is 5.26 Å². The van der Waals surface area contributed by atoms with Crippen LogP contribution in [0, 0.1) is 11.3 Å². The lowest BCUT2D eigenvalue weighted by atomic mass is 10.0. The second kappa shape index (κ2) is 10.2. The third-order valence-corrected chi connectivity index (χ3v) is 7.46. The number of hydrogen-bond donors (Lipinski definition) is 1. The highest BCUT2D eigenvalue weighted by atomic mass is 16.5. The van der Waals surface area contributed by atoms with Gasteiger partial charge in [0.15, 0.2) is 0 Å². The van der Waals surface area contributed by atoms with Gasteiger partial charge in [-0.2, -0.15) is 5.26 Å². The standard InChI is InChI=1S/C31H27N5O3/c1-39-31(38)22-10-11-26-28(16-22)36(23-12-14-33-15-13-23)30(37)29(34-26)25-19-35(27-5-3-2-4-24(25)27)18-21-8-6-20(17-32)7-9-21/h2-11,16,19,23,33H,12-15,18H2,1H3. The highest BCUT2D eigenvalue weighted by Gasteiger charge is 2.24. The number of esters is 1. The minimum Gasteiger partial charge on any atom is -0.465 e. The van der Waals surface area contributed by atoms with E-state index in [1.807, 2.05) is 59.3 Å². The summed E-state index contributed by atoms with van der Waals surface area (Å²) in [4.78, 5) is 31.4. The maximum Gasteiger partial charge on any atom is 0.337 e. The summed E-state index contributed by atoms with van der Waals surface area (Å²) in [6.45, 7) is 2.22. The van der Waals surface area contributed by atoms with Crippen molar-refractivity contribution >= 4 is 27.9 Å². The fraction of sp³-hybridized carbons (Fsp3) is 0.226. The summed E-state index contributed by atoms with van der Waals surface area (Å²) in [5, 5.41) is 13.5. The van der Waals surface area contributed by atoms with Crippen molar-refractivity contribution in [3.05, 3.63) is 100.0 Å². The number of rotatable bonds is 5. The molecule has 1 aliphatic rings. The summed E-state index contributed by atoms with van der Waals surface area (Å²) in [7, 11) is 1.35. The van der Waals surface area contributed by atoms with Crippen molar-refractivity contribution in [3.8, 4) is 17.3 Å². The van der Waals surface area contributed by atoms with Gasteiger partial charge in [0.05, 0.1) is 35.3 Å². The van der Waals surface area contributed by atoms with Crippen LogP contribution in [0.15, 0.2) is 77.7 Å². The molecule has 5 aromatic rings. The summed E-state index contributed by atoms with van der Waals surface area (Å²) in [6, 6.07) is 22.9. The smallest absolute Gasteiger partial charge is 0.337 e. The highest BCUT2D eigenvalue weighted by molar-refractivity contribution is 5.97. The largest absolute Gasteiger partial charge is 0.465 e. The Kier molecular flexibility index (Phi) is 6.43. The van der Waals surface area contributed by atoms with Crippen molar-refractivity contribution in [2.45, 2.75) is 25.4 Å². The average molecular weight is 518 g/mol. The minimum absolute atomic E-state index is 0.0112. The van der Waals surface area contributed by atoms with Crippen molar-refractivity contribution < 1.29 is 9.53 Å². The summed E-state index contributed by atoms with van der Waals surface area (Å²) >= 11 is 0. The number of nitriles is 1. The van der Waals surface area contributed by atoms with E-state index in [4.69, 9.17) is 15.0 Å². The number of nitrogens with one attached hydrogen (secondary N) is 1. The average Bonchev–Trinajstić information content (AvgIpc) is 3.35. The zero-order valence-corrected chi connectivity index (χ0v) is 21.6. The molecule has 1 saturated heterocycles. The van der Waals surface area contributed by atoms with Gasteiger partial charge in [-0.1, -0.05) is 30.3 Å². The first-order chi connectivity index (χ1) is 19.1. The number of piperidine rings is 1. The van der Waals surface area contributed by atoms with E-state index in [1.54, 1.807) is 18.2 Å². The number of carbonyl (C=O) groups excluding carboxylic acids is 1. The molecular weight excluding hydrogens is 490 g/mol. The number of ether oxygens (including phenoxy) is 1. The quantitative estimate of drug-likeness (QED) is 0.341. The molecule has 0 unspecified atom stereocenters. The SMILES string of the molecule is COC(=O)c1ccc2nc(-c3cn(Cc4ccc(C#N)cc4)c4ccccc34)c(=O)n(C3CCNCC3)c2c1. The Labute approximate surface area is 225 Å². The lowest BCUT2D eigenvalue weighted by Gasteiger charge is -2.26. The molecule has 39 heavy (non-hydrogen) atoms. The van der Waals surface area contributed by atoms with Crippen LogP contribution in [0.5, 0.6) is 0 Å². The van der Waals surface area contributed by atoms with E-state index in [2.05, 4.69) is 16.0 Å². The first-order valence-electron chi connectivity index (χ1n) is 13.0. The number of para-hydroxylation sites is 1. The van der Waals surface area contributed by atoms with E-state index in [1.165, 1.54) is 7.11 Å². The van der Waals surface area contributed by atoms with E-state index in [9.17, 15) is 9.59 Å². The van der Waals surface area contributed by atoms with Gasteiger partial charge >= 0.3 is 5.97 Å². The van der Waals surface area contributed by atoms with Gasteiger partial charge < -0.3 is 19.2 Å². The predicted molar refractivity (Wildman–Crippen MR) is 150 cm³/mol. The lowest BCUT2D eigenvalue weighted by Crippen LogP contribution is -2.35. The molecule has 8 heteroatoms. The number of aromatic nitrogens is 3. The van der Waals surface area contributed by atoms with Crippen LogP contribution in [0.2, 0.25) is 0 Å². The third-order valence-electron chi connectivity index (χ3n) is 7.46. The highest BCUT2D eigenvalue weighted by Crippen LogP contribution is 2.31. The molecule has 0 atom stereocenters. The van der Waals surface area contributed by atoms with E-state index >= 15 is 0 Å². The van der Waals surface area contributed by atoms with E-state index in [0.717, 1.165) is 48.0 Å². The molecule has 0 aliphatic carbocycles. The van der Waals surface area contributed by atoms with Crippen molar-refractivity contribution in [3.63, 3.8) is 0 Å². The number of fused-ring (bicyclic) bond motifs is 2. The monoisotopic (exact) mass is 517 g/mol. The van der Waals surface area contributed by atoms with Crippen LogP contribution in [0.25, 0.3) is 33.2 Å². The zero-order chi connectivity index (χ0) is 26.9. The Hall–Kier alpha value is -4.74. The summed E-state index contributed by atoms with van der Waals surface area (Å²) in [5.74, 6) is -0.448. The molecule has 0 spiro atoms. The number of carbonyl (C=O) groups is 1. The van der Waals surface area contributed by atoms with Gasteiger partial charge in [0.2, 0.25) is 0 Å². The molecular formula is C31H27N5O3. The second-order valence-electron chi connectivity index (χ2n) is 9.81. The molecule has 0 radical (unpaired) electrons. The van der Waals surface area contributed by atoms with Gasteiger partial charge in [-0.3, -0.25) is 4.79 Å². The van der Waals surface area contributed by atoms with Crippen LogP contribution in [-0.4, -0.2) is 40.3 Å². The molecule has 194 valence electrons. The maximum atomic E-state index is 14.2. The Balaban J connectivity index is 1.55. The topological polar surface area (TPSA) is 102 Å². The summed E-state index contributed by atoms with van der Waals surface area (Å²) in [6.07, 6.45) is 3.61. The van der Waals surface area contributed by atoms with Crippen LogP contribution >= 0.6 is 0 Å². The van der Waals surface area contributed by atoms with Crippen molar-refractivity contribution in [2.75, 3.05) is 20.2 Å². The normalized spacial score (nSPS) is 13.9. The van der Waals surface area contributed by atoms with Gasteiger partial charge in [0.25, 0.3) is 5.56 Å². The fourth-order valence-electron chi connectivity index (χ4n) is 5.50. The number of hydrogen-bond acceptors (Lipinski definition) is 6. The van der Waals surface area contributed by atoms with Gasteiger partial charge in [-0.15, -0.1) is 0 Å².